The van der Waals surface area contributed by atoms with Crippen LogP contribution in [0.25, 0.3) is 0 Å². The molecule has 5 nitrogen and oxygen atoms in total. The monoisotopic (exact) mass is 487 g/mol. The maximum atomic E-state index is 4.92. The van der Waals surface area contributed by atoms with Gasteiger partial charge in [-0.15, -0.1) is 35.3 Å². The zero-order chi connectivity index (χ0) is 17.6. The van der Waals surface area contributed by atoms with Gasteiger partial charge < -0.3 is 10.2 Å². The van der Waals surface area contributed by atoms with Gasteiger partial charge in [0.25, 0.3) is 0 Å². The van der Waals surface area contributed by atoms with E-state index in [9.17, 15) is 0 Å². The smallest absolute Gasteiger partial charge is 0.193 e. The lowest BCUT2D eigenvalue weighted by molar-refractivity contribution is 0.459. The minimum atomic E-state index is 0. The molecule has 0 spiro atoms. The summed E-state index contributed by atoms with van der Waals surface area (Å²) >= 11 is 1.82. The van der Waals surface area contributed by atoms with E-state index >= 15 is 0 Å². The molecular weight excluding hydrogens is 457 g/mol. The molecule has 3 rings (SSSR count). The lowest BCUT2D eigenvalue weighted by Gasteiger charge is -2.22. The van der Waals surface area contributed by atoms with Gasteiger partial charge in [0.15, 0.2) is 5.96 Å². The van der Waals surface area contributed by atoms with Gasteiger partial charge in [-0.2, -0.15) is 5.10 Å². The Labute approximate surface area is 177 Å². The van der Waals surface area contributed by atoms with Crippen molar-refractivity contribution in [2.24, 2.45) is 18.0 Å². The number of nitrogens with zero attached hydrogens (tertiary/aromatic N) is 4. The van der Waals surface area contributed by atoms with Crippen molar-refractivity contribution >= 4 is 41.3 Å². The van der Waals surface area contributed by atoms with Crippen LogP contribution in [0.4, 0.5) is 0 Å². The summed E-state index contributed by atoms with van der Waals surface area (Å²) in [5.41, 5.74) is 1.34. The van der Waals surface area contributed by atoms with E-state index in [1.54, 1.807) is 0 Å². The second-order valence-electron chi connectivity index (χ2n) is 6.94. The molecular formula is C19H30IN5S. The van der Waals surface area contributed by atoms with Crippen LogP contribution in [0.2, 0.25) is 0 Å². The van der Waals surface area contributed by atoms with E-state index in [0.717, 1.165) is 38.6 Å². The van der Waals surface area contributed by atoms with Crippen molar-refractivity contribution < 1.29 is 0 Å². The van der Waals surface area contributed by atoms with Crippen LogP contribution < -0.4 is 5.32 Å². The second kappa shape index (κ2) is 10.3. The predicted octanol–water partition coefficient (Wildman–Crippen LogP) is 3.73. The van der Waals surface area contributed by atoms with Crippen LogP contribution in [0.1, 0.15) is 36.6 Å². The Hall–Kier alpha value is -1.09. The van der Waals surface area contributed by atoms with Gasteiger partial charge in [0.05, 0.1) is 12.7 Å². The van der Waals surface area contributed by atoms with E-state index in [-0.39, 0.29) is 24.0 Å². The fraction of sp³-hybridized carbons (Fsp3) is 0.579. The predicted molar refractivity (Wildman–Crippen MR) is 121 cm³/mol. The fourth-order valence-corrected chi connectivity index (χ4v) is 4.19. The zero-order valence-electron chi connectivity index (χ0n) is 15.9. The topological polar surface area (TPSA) is 45.5 Å². The summed E-state index contributed by atoms with van der Waals surface area (Å²) < 4.78 is 1.89. The number of halogens is 1. The molecule has 1 N–H and O–H groups in total. The number of likely N-dealkylation sites (tertiary alicyclic amines) is 1. The van der Waals surface area contributed by atoms with Gasteiger partial charge in [0, 0.05) is 43.7 Å². The van der Waals surface area contributed by atoms with Gasteiger partial charge in [0.1, 0.15) is 0 Å². The van der Waals surface area contributed by atoms with Crippen molar-refractivity contribution in [2.75, 3.05) is 26.2 Å². The standard InChI is InChI=1S/C19H29N5S.HI/c1-4-20-19(21-11-15(2)18-6-5-9-25-18)24-8-7-16(14-24)10-17-12-22-23(3)13-17;/h5-6,9,12-13,15-16H,4,7-8,10-11,14H2,1-3H3,(H,20,21);1H. The minimum absolute atomic E-state index is 0. The van der Waals surface area contributed by atoms with E-state index in [2.05, 4.69) is 52.9 Å². The highest BCUT2D eigenvalue weighted by Crippen LogP contribution is 2.23. The number of hydrogen-bond donors (Lipinski definition) is 1. The van der Waals surface area contributed by atoms with Gasteiger partial charge in [-0.25, -0.2) is 0 Å². The third-order valence-corrected chi connectivity index (χ3v) is 5.85. The Morgan fingerprint density at radius 1 is 1.50 bits per heavy atom. The van der Waals surface area contributed by atoms with Gasteiger partial charge >= 0.3 is 0 Å². The molecule has 0 aromatic carbocycles. The first kappa shape index (κ1) is 21.2. The Kier molecular flexibility index (Phi) is 8.40. The minimum Gasteiger partial charge on any atom is -0.357 e. The average Bonchev–Trinajstić information content (AvgIpc) is 3.33. The summed E-state index contributed by atoms with van der Waals surface area (Å²) in [7, 11) is 1.98. The van der Waals surface area contributed by atoms with Gasteiger partial charge in [-0.3, -0.25) is 9.67 Å². The van der Waals surface area contributed by atoms with Gasteiger partial charge in [0.2, 0.25) is 0 Å². The maximum Gasteiger partial charge on any atom is 0.193 e. The third-order valence-electron chi connectivity index (χ3n) is 4.75. The van der Waals surface area contributed by atoms with Crippen LogP contribution in [0.15, 0.2) is 34.9 Å². The number of thiophene rings is 1. The van der Waals surface area contributed by atoms with E-state index in [4.69, 9.17) is 4.99 Å². The second-order valence-corrected chi connectivity index (χ2v) is 7.92. The summed E-state index contributed by atoms with van der Waals surface area (Å²) in [6, 6.07) is 4.33. The molecule has 2 atom stereocenters. The number of aryl methyl sites for hydroxylation is 1. The first-order valence-corrected chi connectivity index (χ1v) is 10.1. The van der Waals surface area contributed by atoms with Crippen LogP contribution in [0.5, 0.6) is 0 Å². The molecule has 0 radical (unpaired) electrons. The number of nitrogens with one attached hydrogen (secondary N) is 1. The summed E-state index contributed by atoms with van der Waals surface area (Å²) in [6.07, 6.45) is 6.45. The molecule has 1 aliphatic heterocycles. The lowest BCUT2D eigenvalue weighted by atomic mass is 10.0. The lowest BCUT2D eigenvalue weighted by Crippen LogP contribution is -2.40. The number of guanidine groups is 1. The molecule has 2 aromatic heterocycles. The quantitative estimate of drug-likeness (QED) is 0.384. The molecule has 0 bridgehead atoms. The Morgan fingerprint density at radius 3 is 3.00 bits per heavy atom. The van der Waals surface area contributed by atoms with Crippen molar-refractivity contribution in [1.29, 1.82) is 0 Å². The average molecular weight is 487 g/mol. The van der Waals surface area contributed by atoms with Crippen LogP contribution in [-0.4, -0.2) is 46.8 Å². The fourth-order valence-electron chi connectivity index (χ4n) is 3.41. The highest BCUT2D eigenvalue weighted by molar-refractivity contribution is 14.0. The van der Waals surface area contributed by atoms with Crippen molar-refractivity contribution in [3.8, 4) is 0 Å². The largest absolute Gasteiger partial charge is 0.357 e. The number of hydrogen-bond acceptors (Lipinski definition) is 3. The van der Waals surface area contributed by atoms with Crippen molar-refractivity contribution in [3.63, 3.8) is 0 Å². The molecule has 0 aliphatic carbocycles. The molecule has 2 aromatic rings. The highest BCUT2D eigenvalue weighted by atomic mass is 127. The molecule has 7 heteroatoms. The molecule has 1 aliphatic rings. The van der Waals surface area contributed by atoms with Crippen molar-refractivity contribution in [3.05, 3.63) is 40.3 Å². The Balaban J connectivity index is 0.00000243. The van der Waals surface area contributed by atoms with E-state index in [1.165, 1.54) is 16.9 Å². The van der Waals surface area contributed by atoms with E-state index in [0.29, 0.717) is 11.8 Å². The third kappa shape index (κ3) is 5.70. The SMILES string of the molecule is CCNC(=NCC(C)c1cccs1)N1CCC(Cc2cnn(C)c2)C1.I. The van der Waals surface area contributed by atoms with Crippen molar-refractivity contribution in [2.45, 2.75) is 32.6 Å². The first-order chi connectivity index (χ1) is 12.2. The van der Waals surface area contributed by atoms with Crippen LogP contribution in [0.3, 0.4) is 0 Å². The number of aromatic nitrogens is 2. The molecule has 1 fully saturated rings. The Morgan fingerprint density at radius 2 is 2.35 bits per heavy atom. The number of rotatable bonds is 6. The maximum absolute atomic E-state index is 4.92. The summed E-state index contributed by atoms with van der Waals surface area (Å²) in [5.74, 6) is 2.23. The first-order valence-electron chi connectivity index (χ1n) is 9.20. The normalized spacial score (nSPS) is 18.7. The summed E-state index contributed by atoms with van der Waals surface area (Å²) in [5, 5.41) is 9.90. The van der Waals surface area contributed by atoms with Crippen LogP contribution >= 0.6 is 35.3 Å². The summed E-state index contributed by atoms with van der Waals surface area (Å²) in [6.45, 7) is 8.32. The summed E-state index contributed by atoms with van der Waals surface area (Å²) in [4.78, 5) is 8.75. The number of aliphatic imine (C=N–C) groups is 1. The molecule has 144 valence electrons. The Bertz CT molecular complexity index is 682. The zero-order valence-corrected chi connectivity index (χ0v) is 19.0. The van der Waals surface area contributed by atoms with Crippen molar-refractivity contribution in [1.82, 2.24) is 20.0 Å². The molecule has 26 heavy (non-hydrogen) atoms. The van der Waals surface area contributed by atoms with E-state index < -0.39 is 0 Å². The highest BCUT2D eigenvalue weighted by Gasteiger charge is 2.25. The van der Waals surface area contributed by atoms with Crippen LogP contribution in [0, 0.1) is 5.92 Å². The van der Waals surface area contributed by atoms with Gasteiger partial charge in [-0.05, 0) is 42.7 Å². The molecule has 2 unspecified atom stereocenters. The van der Waals surface area contributed by atoms with Crippen LogP contribution in [-0.2, 0) is 13.5 Å². The molecule has 1 saturated heterocycles. The van der Waals surface area contributed by atoms with E-state index in [1.807, 2.05) is 29.3 Å². The van der Waals surface area contributed by atoms with Gasteiger partial charge in [-0.1, -0.05) is 13.0 Å². The molecule has 3 heterocycles. The molecule has 0 saturated carbocycles. The molecule has 0 amide bonds.